The predicted octanol–water partition coefficient (Wildman–Crippen LogP) is 1.10. The topological polar surface area (TPSA) is 74.2 Å². The van der Waals surface area contributed by atoms with Gasteiger partial charge in [-0.15, -0.1) is 0 Å². The molecule has 27 heavy (non-hydrogen) atoms. The molecule has 150 valence electrons. The molecule has 0 aromatic heterocycles. The third-order valence-electron chi connectivity index (χ3n) is 5.07. The summed E-state index contributed by atoms with van der Waals surface area (Å²) in [7, 11) is -3.27. The van der Waals surface area contributed by atoms with Crippen LogP contribution in [0.1, 0.15) is 24.8 Å². The van der Waals surface area contributed by atoms with Gasteiger partial charge in [0.1, 0.15) is 0 Å². The number of hydrogen-bond acceptors (Lipinski definition) is 4. The molecule has 0 saturated carbocycles. The maximum atomic E-state index is 12.5. The monoisotopic (exact) mass is 394 g/mol. The maximum Gasteiger partial charge on any atom is 0.216 e. The van der Waals surface area contributed by atoms with Crippen molar-refractivity contribution in [2.75, 3.05) is 58.2 Å². The Kier molecular flexibility index (Phi) is 7.09. The minimum absolute atomic E-state index is 0.0395. The van der Waals surface area contributed by atoms with Crippen molar-refractivity contribution < 1.29 is 13.2 Å². The van der Waals surface area contributed by atoms with E-state index in [0.29, 0.717) is 32.2 Å². The minimum atomic E-state index is -3.27. The lowest BCUT2D eigenvalue weighted by Crippen LogP contribution is -2.43. The van der Waals surface area contributed by atoms with Crippen molar-refractivity contribution in [1.29, 1.82) is 0 Å². The average molecular weight is 395 g/mol. The van der Waals surface area contributed by atoms with E-state index in [0.717, 1.165) is 32.0 Å². The Morgan fingerprint density at radius 2 is 1.96 bits per heavy atom. The Morgan fingerprint density at radius 1 is 1.22 bits per heavy atom. The van der Waals surface area contributed by atoms with Crippen LogP contribution in [-0.2, 0) is 14.8 Å². The van der Waals surface area contributed by atoms with E-state index >= 15 is 0 Å². The molecule has 2 heterocycles. The molecule has 8 heteroatoms. The van der Waals surface area contributed by atoms with Crippen LogP contribution in [0.15, 0.2) is 35.3 Å². The average Bonchev–Trinajstić information content (AvgIpc) is 3.19. The number of nitrogens with one attached hydrogen (secondary N) is 1. The number of likely N-dealkylation sites (tertiary alicyclic amines) is 1. The molecular formula is C19H30N4O3S. The zero-order valence-electron chi connectivity index (χ0n) is 16.0. The van der Waals surface area contributed by atoms with Gasteiger partial charge in [0.05, 0.1) is 25.5 Å². The largest absolute Gasteiger partial charge is 0.379 e. The van der Waals surface area contributed by atoms with Crippen LogP contribution in [0.2, 0.25) is 0 Å². The normalized spacial score (nSPS) is 22.2. The van der Waals surface area contributed by atoms with Gasteiger partial charge in [-0.1, -0.05) is 30.3 Å². The highest BCUT2D eigenvalue weighted by Crippen LogP contribution is 2.26. The molecular weight excluding hydrogens is 364 g/mol. The number of sulfonamides is 1. The first kappa shape index (κ1) is 20.1. The van der Waals surface area contributed by atoms with Gasteiger partial charge >= 0.3 is 0 Å². The fourth-order valence-electron chi connectivity index (χ4n) is 3.60. The van der Waals surface area contributed by atoms with Crippen molar-refractivity contribution in [3.05, 3.63) is 35.9 Å². The van der Waals surface area contributed by atoms with Crippen LogP contribution in [0.25, 0.3) is 0 Å². The van der Waals surface area contributed by atoms with E-state index in [1.165, 1.54) is 9.87 Å². The van der Waals surface area contributed by atoms with E-state index in [9.17, 15) is 8.42 Å². The Bertz CT molecular complexity index is 718. The number of guanidine groups is 1. The highest BCUT2D eigenvalue weighted by Gasteiger charge is 2.27. The first-order valence-corrected chi connectivity index (χ1v) is 11.3. The summed E-state index contributed by atoms with van der Waals surface area (Å²) in [5, 5.41) is 3.31. The summed E-state index contributed by atoms with van der Waals surface area (Å²) in [4.78, 5) is 6.84. The molecule has 0 aliphatic carbocycles. The van der Waals surface area contributed by atoms with Crippen molar-refractivity contribution in [2.24, 2.45) is 4.99 Å². The Labute approximate surface area is 162 Å². The summed E-state index contributed by atoms with van der Waals surface area (Å²) < 4.78 is 31.6. The van der Waals surface area contributed by atoms with Gasteiger partial charge in [0.15, 0.2) is 5.96 Å². The molecule has 0 amide bonds. The summed E-state index contributed by atoms with van der Waals surface area (Å²) in [6, 6.07) is 10.5. The smallest absolute Gasteiger partial charge is 0.216 e. The van der Waals surface area contributed by atoms with Crippen LogP contribution < -0.4 is 5.32 Å². The standard InChI is InChI=1S/C19H30N4O3S/c1-2-20-19(21-9-15-27(24,25)23-11-13-26-14-12-23)22-10-8-18(16-22)17-6-4-3-5-7-17/h3-7,18H,2,8-16H2,1H3,(H,20,21). The molecule has 1 N–H and O–H groups in total. The van der Waals surface area contributed by atoms with E-state index in [1.54, 1.807) is 0 Å². The number of rotatable bonds is 6. The fourth-order valence-corrected chi connectivity index (χ4v) is 4.88. The lowest BCUT2D eigenvalue weighted by molar-refractivity contribution is 0.0731. The van der Waals surface area contributed by atoms with Crippen molar-refractivity contribution >= 4 is 16.0 Å². The number of hydrogen-bond donors (Lipinski definition) is 1. The van der Waals surface area contributed by atoms with E-state index in [2.05, 4.69) is 39.5 Å². The molecule has 1 aromatic carbocycles. The summed E-state index contributed by atoms with van der Waals surface area (Å²) in [5.74, 6) is 1.35. The molecule has 0 spiro atoms. The van der Waals surface area contributed by atoms with Crippen molar-refractivity contribution in [3.8, 4) is 0 Å². The zero-order valence-corrected chi connectivity index (χ0v) is 16.8. The van der Waals surface area contributed by atoms with E-state index in [1.807, 2.05) is 13.0 Å². The van der Waals surface area contributed by atoms with Crippen LogP contribution in [0.3, 0.4) is 0 Å². The van der Waals surface area contributed by atoms with Gasteiger partial charge in [-0.2, -0.15) is 4.31 Å². The molecule has 0 radical (unpaired) electrons. The molecule has 0 bridgehead atoms. The first-order valence-electron chi connectivity index (χ1n) is 9.74. The lowest BCUT2D eigenvalue weighted by atomic mass is 9.99. The van der Waals surface area contributed by atoms with Gasteiger partial charge in [-0.05, 0) is 18.9 Å². The maximum absolute atomic E-state index is 12.5. The number of nitrogens with zero attached hydrogens (tertiary/aromatic N) is 3. The lowest BCUT2D eigenvalue weighted by Gasteiger charge is -2.26. The highest BCUT2D eigenvalue weighted by atomic mass is 32.2. The Morgan fingerprint density at radius 3 is 2.67 bits per heavy atom. The molecule has 1 aromatic rings. The van der Waals surface area contributed by atoms with Crippen LogP contribution in [0, 0.1) is 0 Å². The van der Waals surface area contributed by atoms with Crippen LogP contribution in [0.4, 0.5) is 0 Å². The van der Waals surface area contributed by atoms with E-state index in [-0.39, 0.29) is 12.3 Å². The molecule has 1 atom stereocenters. The van der Waals surface area contributed by atoms with Gasteiger partial charge in [0, 0.05) is 38.6 Å². The summed E-state index contributed by atoms with van der Waals surface area (Å²) in [6.45, 7) is 6.74. The van der Waals surface area contributed by atoms with Crippen LogP contribution in [-0.4, -0.2) is 81.8 Å². The minimum Gasteiger partial charge on any atom is -0.379 e. The van der Waals surface area contributed by atoms with Crippen molar-refractivity contribution in [3.63, 3.8) is 0 Å². The Hall–Kier alpha value is -1.64. The predicted molar refractivity (Wildman–Crippen MR) is 108 cm³/mol. The molecule has 2 fully saturated rings. The molecule has 2 aliphatic heterocycles. The zero-order chi connectivity index (χ0) is 19.1. The van der Waals surface area contributed by atoms with E-state index in [4.69, 9.17) is 4.74 Å². The Balaban J connectivity index is 1.58. The molecule has 7 nitrogen and oxygen atoms in total. The van der Waals surface area contributed by atoms with Gasteiger partial charge in [0.2, 0.25) is 10.0 Å². The molecule has 2 aliphatic rings. The quantitative estimate of drug-likeness (QED) is 0.578. The molecule has 3 rings (SSSR count). The number of aliphatic imine (C=N–C) groups is 1. The summed E-state index contributed by atoms with van der Waals surface area (Å²) >= 11 is 0. The second kappa shape index (κ2) is 9.52. The van der Waals surface area contributed by atoms with Gasteiger partial charge in [-0.3, -0.25) is 4.99 Å². The van der Waals surface area contributed by atoms with Gasteiger partial charge in [-0.25, -0.2) is 8.42 Å². The second-order valence-corrected chi connectivity index (χ2v) is 8.99. The molecule has 2 saturated heterocycles. The summed E-state index contributed by atoms with van der Waals surface area (Å²) in [5.41, 5.74) is 1.35. The second-order valence-electron chi connectivity index (χ2n) is 6.91. The van der Waals surface area contributed by atoms with Gasteiger partial charge in [0.25, 0.3) is 0 Å². The van der Waals surface area contributed by atoms with Crippen LogP contribution >= 0.6 is 0 Å². The van der Waals surface area contributed by atoms with E-state index < -0.39 is 10.0 Å². The fraction of sp³-hybridized carbons (Fsp3) is 0.632. The third-order valence-corrected chi connectivity index (χ3v) is 6.92. The third kappa shape index (κ3) is 5.43. The van der Waals surface area contributed by atoms with Crippen molar-refractivity contribution in [1.82, 2.24) is 14.5 Å². The van der Waals surface area contributed by atoms with Crippen LogP contribution in [0.5, 0.6) is 0 Å². The number of benzene rings is 1. The van der Waals surface area contributed by atoms with Gasteiger partial charge < -0.3 is 15.0 Å². The SMILES string of the molecule is CCNC(=NCCS(=O)(=O)N1CCOCC1)N1CCC(c2ccccc2)C1. The van der Waals surface area contributed by atoms with Crippen molar-refractivity contribution in [2.45, 2.75) is 19.3 Å². The molecule has 1 unspecified atom stereocenters. The first-order chi connectivity index (χ1) is 13.1. The number of ether oxygens (including phenoxy) is 1. The summed E-state index contributed by atoms with van der Waals surface area (Å²) in [6.07, 6.45) is 1.08. The highest BCUT2D eigenvalue weighted by molar-refractivity contribution is 7.89. The number of morpholine rings is 1.